The molecule has 1 unspecified atom stereocenters. The molecule has 1 fully saturated rings. The van der Waals surface area contributed by atoms with Crippen LogP contribution in [0.25, 0.3) is 0 Å². The number of aliphatic hydroxyl groups is 1. The van der Waals surface area contributed by atoms with Gasteiger partial charge in [0, 0.05) is 12.6 Å². The van der Waals surface area contributed by atoms with Crippen molar-refractivity contribution < 1.29 is 9.50 Å². The van der Waals surface area contributed by atoms with E-state index in [0.717, 1.165) is 31.2 Å². The third-order valence-corrected chi connectivity index (χ3v) is 4.22. The second-order valence-electron chi connectivity index (χ2n) is 5.90. The Balaban J connectivity index is 1.93. The van der Waals surface area contributed by atoms with E-state index < -0.39 is 5.60 Å². The summed E-state index contributed by atoms with van der Waals surface area (Å²) in [5.74, 6) is -0.164. The standard InChI is InChI=1S/C16H24FNO/c1-12-6-7-14(10-15(12)17)13(2)18-11-16(19)8-4-3-5-9-16/h6-7,10,13,18-19H,3-5,8-9,11H2,1-2H3. The number of aryl methyl sites for hydroxylation is 1. The van der Waals surface area contributed by atoms with E-state index in [1.807, 2.05) is 13.0 Å². The van der Waals surface area contributed by atoms with E-state index in [9.17, 15) is 9.50 Å². The molecule has 1 atom stereocenters. The van der Waals surface area contributed by atoms with Gasteiger partial charge in [0.05, 0.1) is 5.60 Å². The van der Waals surface area contributed by atoms with E-state index in [2.05, 4.69) is 5.32 Å². The molecule has 2 nitrogen and oxygen atoms in total. The first kappa shape index (κ1) is 14.5. The van der Waals surface area contributed by atoms with Gasteiger partial charge in [0.2, 0.25) is 0 Å². The average Bonchev–Trinajstić information content (AvgIpc) is 2.40. The van der Waals surface area contributed by atoms with E-state index in [1.54, 1.807) is 19.1 Å². The summed E-state index contributed by atoms with van der Waals surface area (Å²) in [5.41, 5.74) is 1.03. The summed E-state index contributed by atoms with van der Waals surface area (Å²) in [7, 11) is 0. The van der Waals surface area contributed by atoms with Crippen molar-refractivity contribution in [2.75, 3.05) is 6.54 Å². The fraction of sp³-hybridized carbons (Fsp3) is 0.625. The molecule has 2 rings (SSSR count). The third-order valence-electron chi connectivity index (χ3n) is 4.22. The molecule has 0 aliphatic heterocycles. The first-order valence-electron chi connectivity index (χ1n) is 7.22. The molecule has 0 bridgehead atoms. The van der Waals surface area contributed by atoms with Crippen molar-refractivity contribution in [1.82, 2.24) is 5.32 Å². The Kier molecular flexibility index (Phi) is 4.58. The van der Waals surface area contributed by atoms with E-state index in [4.69, 9.17) is 0 Å². The minimum Gasteiger partial charge on any atom is -0.389 e. The topological polar surface area (TPSA) is 32.3 Å². The second-order valence-corrected chi connectivity index (χ2v) is 5.90. The van der Waals surface area contributed by atoms with Gasteiger partial charge in [-0.25, -0.2) is 4.39 Å². The highest BCUT2D eigenvalue weighted by Crippen LogP contribution is 2.28. The summed E-state index contributed by atoms with van der Waals surface area (Å²) >= 11 is 0. The molecule has 0 amide bonds. The van der Waals surface area contributed by atoms with Crippen molar-refractivity contribution in [3.63, 3.8) is 0 Å². The van der Waals surface area contributed by atoms with E-state index in [1.165, 1.54) is 6.42 Å². The Bertz CT molecular complexity index is 427. The van der Waals surface area contributed by atoms with Crippen molar-refractivity contribution in [2.45, 2.75) is 57.6 Å². The summed E-state index contributed by atoms with van der Waals surface area (Å²) in [6.45, 7) is 4.36. The predicted octanol–water partition coefficient (Wildman–Crippen LogP) is 3.48. The lowest BCUT2D eigenvalue weighted by atomic mass is 9.84. The summed E-state index contributed by atoms with van der Waals surface area (Å²) in [4.78, 5) is 0. The SMILES string of the molecule is Cc1ccc(C(C)NCC2(O)CCCCC2)cc1F. The predicted molar refractivity (Wildman–Crippen MR) is 75.6 cm³/mol. The van der Waals surface area contributed by atoms with Gasteiger partial charge in [0.25, 0.3) is 0 Å². The van der Waals surface area contributed by atoms with Crippen LogP contribution in [0.4, 0.5) is 4.39 Å². The lowest BCUT2D eigenvalue weighted by Gasteiger charge is -2.33. The largest absolute Gasteiger partial charge is 0.389 e. The molecule has 3 heteroatoms. The van der Waals surface area contributed by atoms with Crippen molar-refractivity contribution in [2.24, 2.45) is 0 Å². The third kappa shape index (κ3) is 3.77. The first-order valence-corrected chi connectivity index (χ1v) is 7.22. The molecular formula is C16H24FNO. The first-order chi connectivity index (χ1) is 9.00. The molecule has 1 saturated carbocycles. The van der Waals surface area contributed by atoms with Crippen LogP contribution in [0.2, 0.25) is 0 Å². The van der Waals surface area contributed by atoms with Crippen LogP contribution < -0.4 is 5.32 Å². The number of nitrogens with one attached hydrogen (secondary N) is 1. The van der Waals surface area contributed by atoms with Gasteiger partial charge < -0.3 is 10.4 Å². The number of rotatable bonds is 4. The van der Waals surface area contributed by atoms with Crippen molar-refractivity contribution in [3.05, 3.63) is 35.1 Å². The molecule has 106 valence electrons. The molecule has 1 aromatic carbocycles. The maximum atomic E-state index is 13.5. The Morgan fingerprint density at radius 2 is 2.00 bits per heavy atom. The van der Waals surface area contributed by atoms with Gasteiger partial charge in [-0.05, 0) is 43.9 Å². The normalized spacial score (nSPS) is 20.2. The minimum atomic E-state index is -0.574. The van der Waals surface area contributed by atoms with E-state index in [-0.39, 0.29) is 11.9 Å². The van der Waals surface area contributed by atoms with E-state index in [0.29, 0.717) is 12.1 Å². The summed E-state index contributed by atoms with van der Waals surface area (Å²) in [5, 5.41) is 13.8. The highest BCUT2D eigenvalue weighted by atomic mass is 19.1. The van der Waals surface area contributed by atoms with Crippen LogP contribution in [0.15, 0.2) is 18.2 Å². The van der Waals surface area contributed by atoms with Gasteiger partial charge in [0.1, 0.15) is 5.82 Å². The van der Waals surface area contributed by atoms with Gasteiger partial charge >= 0.3 is 0 Å². The zero-order valence-electron chi connectivity index (χ0n) is 11.9. The van der Waals surface area contributed by atoms with E-state index >= 15 is 0 Å². The number of halogens is 1. The van der Waals surface area contributed by atoms with Crippen molar-refractivity contribution in [1.29, 1.82) is 0 Å². The van der Waals surface area contributed by atoms with Gasteiger partial charge in [-0.2, -0.15) is 0 Å². The Labute approximate surface area is 115 Å². The van der Waals surface area contributed by atoms with Crippen LogP contribution in [-0.4, -0.2) is 17.3 Å². The lowest BCUT2D eigenvalue weighted by molar-refractivity contribution is 0.00300. The van der Waals surface area contributed by atoms with Crippen LogP contribution in [0.3, 0.4) is 0 Å². The van der Waals surface area contributed by atoms with Crippen LogP contribution in [0, 0.1) is 12.7 Å². The fourth-order valence-electron chi connectivity index (χ4n) is 2.73. The zero-order valence-corrected chi connectivity index (χ0v) is 11.9. The summed E-state index contributed by atoms with van der Waals surface area (Å²) < 4.78 is 13.5. The Morgan fingerprint density at radius 3 is 2.63 bits per heavy atom. The molecule has 19 heavy (non-hydrogen) atoms. The van der Waals surface area contributed by atoms with Gasteiger partial charge in [-0.15, -0.1) is 0 Å². The Morgan fingerprint density at radius 1 is 1.32 bits per heavy atom. The smallest absolute Gasteiger partial charge is 0.126 e. The van der Waals surface area contributed by atoms with Crippen LogP contribution in [0.1, 0.15) is 56.2 Å². The monoisotopic (exact) mass is 265 g/mol. The number of hydrogen-bond donors (Lipinski definition) is 2. The summed E-state index contributed by atoms with van der Waals surface area (Å²) in [6, 6.07) is 5.39. The van der Waals surface area contributed by atoms with Crippen LogP contribution in [-0.2, 0) is 0 Å². The van der Waals surface area contributed by atoms with Crippen molar-refractivity contribution >= 4 is 0 Å². The molecule has 2 N–H and O–H groups in total. The molecular weight excluding hydrogens is 241 g/mol. The lowest BCUT2D eigenvalue weighted by Crippen LogP contribution is -2.42. The van der Waals surface area contributed by atoms with Crippen LogP contribution >= 0.6 is 0 Å². The highest BCUT2D eigenvalue weighted by molar-refractivity contribution is 5.25. The highest BCUT2D eigenvalue weighted by Gasteiger charge is 2.29. The van der Waals surface area contributed by atoms with Gasteiger partial charge in [0.15, 0.2) is 0 Å². The second kappa shape index (κ2) is 6.02. The fourth-order valence-corrected chi connectivity index (χ4v) is 2.73. The van der Waals surface area contributed by atoms with Gasteiger partial charge in [-0.3, -0.25) is 0 Å². The van der Waals surface area contributed by atoms with Gasteiger partial charge in [-0.1, -0.05) is 31.4 Å². The van der Waals surface area contributed by atoms with Crippen LogP contribution in [0.5, 0.6) is 0 Å². The Hall–Kier alpha value is -0.930. The van der Waals surface area contributed by atoms with Crippen molar-refractivity contribution in [3.8, 4) is 0 Å². The molecule has 0 heterocycles. The molecule has 0 radical (unpaired) electrons. The molecule has 0 aromatic heterocycles. The quantitative estimate of drug-likeness (QED) is 0.873. The molecule has 0 saturated heterocycles. The maximum absolute atomic E-state index is 13.5. The molecule has 1 aromatic rings. The average molecular weight is 265 g/mol. The molecule has 1 aliphatic rings. The summed E-state index contributed by atoms with van der Waals surface area (Å²) in [6.07, 6.45) is 5.17. The molecule has 0 spiro atoms. The number of benzene rings is 1. The molecule has 1 aliphatic carbocycles. The zero-order chi connectivity index (χ0) is 13.9. The number of hydrogen-bond acceptors (Lipinski definition) is 2. The maximum Gasteiger partial charge on any atom is 0.126 e. The minimum absolute atomic E-state index is 0.0565.